The highest BCUT2D eigenvalue weighted by Crippen LogP contribution is 2.18. The van der Waals surface area contributed by atoms with Crippen LogP contribution in [0.2, 0.25) is 0 Å². The third-order valence-corrected chi connectivity index (χ3v) is 2.26. The van der Waals surface area contributed by atoms with E-state index in [1.165, 1.54) is 16.9 Å². The van der Waals surface area contributed by atoms with E-state index >= 15 is 0 Å². The number of anilines is 1. The Balaban J connectivity index is 2.63. The summed E-state index contributed by atoms with van der Waals surface area (Å²) in [4.78, 5) is 0. The minimum atomic E-state index is 0.962. The molecule has 2 aromatic rings. The van der Waals surface area contributed by atoms with Crippen LogP contribution in [0.4, 0.5) is 5.69 Å². The first-order chi connectivity index (χ1) is 6.33. The Kier molecular flexibility index (Phi) is 1.97. The molecule has 2 nitrogen and oxygen atoms in total. The molecule has 0 spiro atoms. The van der Waals surface area contributed by atoms with Gasteiger partial charge in [0.2, 0.25) is 0 Å². The van der Waals surface area contributed by atoms with Gasteiger partial charge in [-0.1, -0.05) is 0 Å². The molecule has 0 saturated heterocycles. The van der Waals surface area contributed by atoms with Crippen molar-refractivity contribution in [3.63, 3.8) is 0 Å². The Bertz CT molecular complexity index is 415. The second kappa shape index (κ2) is 3.13. The zero-order chi connectivity index (χ0) is 9.26. The number of rotatable bonds is 2. The summed E-state index contributed by atoms with van der Waals surface area (Å²) in [7, 11) is 0. The van der Waals surface area contributed by atoms with Crippen LogP contribution in [0.1, 0.15) is 12.6 Å². The minimum Gasteiger partial charge on any atom is -0.384 e. The number of hydrogen-bond donors (Lipinski definition) is 1. The van der Waals surface area contributed by atoms with E-state index < -0.39 is 0 Å². The second-order valence-electron chi connectivity index (χ2n) is 3.18. The first-order valence-electron chi connectivity index (χ1n) is 4.63. The molecule has 0 aliphatic heterocycles. The number of aryl methyl sites for hydroxylation is 1. The Hall–Kier alpha value is -1.44. The topological polar surface area (TPSA) is 16.4 Å². The summed E-state index contributed by atoms with van der Waals surface area (Å²) in [6.07, 6.45) is 2.09. The molecule has 0 saturated carbocycles. The van der Waals surface area contributed by atoms with E-state index in [0.29, 0.717) is 0 Å². The summed E-state index contributed by atoms with van der Waals surface area (Å²) in [5.74, 6) is 0. The lowest BCUT2D eigenvalue weighted by molar-refractivity contribution is 1.10. The number of nitrogens with one attached hydrogen (secondary N) is 1. The summed E-state index contributed by atoms with van der Waals surface area (Å²) in [6, 6.07) is 8.46. The molecular formula is C11H14N2. The van der Waals surface area contributed by atoms with Crippen LogP contribution >= 0.6 is 0 Å². The maximum absolute atomic E-state index is 3.34. The molecular weight excluding hydrogens is 160 g/mol. The van der Waals surface area contributed by atoms with Gasteiger partial charge in [-0.15, -0.1) is 0 Å². The Labute approximate surface area is 78.2 Å². The van der Waals surface area contributed by atoms with Crippen molar-refractivity contribution in [2.75, 3.05) is 11.9 Å². The molecule has 0 aromatic carbocycles. The number of aromatic nitrogens is 1. The number of nitrogens with zero attached hydrogens (tertiary/aromatic N) is 1. The van der Waals surface area contributed by atoms with Crippen molar-refractivity contribution < 1.29 is 0 Å². The zero-order valence-electron chi connectivity index (χ0n) is 8.04. The van der Waals surface area contributed by atoms with Crippen LogP contribution in [0, 0.1) is 6.92 Å². The van der Waals surface area contributed by atoms with Crippen molar-refractivity contribution in [2.24, 2.45) is 0 Å². The summed E-state index contributed by atoms with van der Waals surface area (Å²) in [5, 5.41) is 3.34. The van der Waals surface area contributed by atoms with Crippen LogP contribution < -0.4 is 5.32 Å². The van der Waals surface area contributed by atoms with Crippen LogP contribution in [-0.4, -0.2) is 10.9 Å². The van der Waals surface area contributed by atoms with Gasteiger partial charge in [0.05, 0.1) is 11.2 Å². The number of hydrogen-bond acceptors (Lipinski definition) is 1. The minimum absolute atomic E-state index is 0.962. The third kappa shape index (κ3) is 1.28. The summed E-state index contributed by atoms with van der Waals surface area (Å²) < 4.78 is 2.19. The summed E-state index contributed by atoms with van der Waals surface area (Å²) in [6.45, 7) is 5.19. The van der Waals surface area contributed by atoms with Crippen LogP contribution in [0.3, 0.4) is 0 Å². The van der Waals surface area contributed by atoms with Gasteiger partial charge in [0.25, 0.3) is 0 Å². The van der Waals surface area contributed by atoms with Gasteiger partial charge in [-0.3, -0.25) is 0 Å². The maximum Gasteiger partial charge on any atom is 0.0685 e. The smallest absolute Gasteiger partial charge is 0.0685 e. The molecule has 0 bridgehead atoms. The average Bonchev–Trinajstić information content (AvgIpc) is 2.50. The van der Waals surface area contributed by atoms with Crippen molar-refractivity contribution in [3.05, 3.63) is 36.2 Å². The van der Waals surface area contributed by atoms with E-state index in [-0.39, 0.29) is 0 Å². The quantitative estimate of drug-likeness (QED) is 0.740. The fourth-order valence-electron chi connectivity index (χ4n) is 1.62. The van der Waals surface area contributed by atoms with Crippen molar-refractivity contribution in [3.8, 4) is 0 Å². The Morgan fingerprint density at radius 2 is 2.15 bits per heavy atom. The van der Waals surface area contributed by atoms with Crippen molar-refractivity contribution in [1.29, 1.82) is 0 Å². The third-order valence-electron chi connectivity index (χ3n) is 2.26. The normalized spacial score (nSPS) is 10.6. The van der Waals surface area contributed by atoms with Crippen LogP contribution in [-0.2, 0) is 0 Å². The molecule has 13 heavy (non-hydrogen) atoms. The monoisotopic (exact) mass is 174 g/mol. The lowest BCUT2D eigenvalue weighted by Crippen LogP contribution is -1.98. The Morgan fingerprint density at radius 3 is 2.92 bits per heavy atom. The lowest BCUT2D eigenvalue weighted by Gasteiger charge is -2.06. The van der Waals surface area contributed by atoms with Gasteiger partial charge < -0.3 is 9.72 Å². The largest absolute Gasteiger partial charge is 0.384 e. The van der Waals surface area contributed by atoms with E-state index in [1.807, 2.05) is 0 Å². The molecule has 0 fully saturated rings. The molecule has 0 atom stereocenters. The van der Waals surface area contributed by atoms with Gasteiger partial charge in [-0.25, -0.2) is 0 Å². The second-order valence-corrected chi connectivity index (χ2v) is 3.18. The maximum atomic E-state index is 3.34. The molecule has 2 rings (SSSR count). The van der Waals surface area contributed by atoms with Crippen LogP contribution in [0.5, 0.6) is 0 Å². The zero-order valence-corrected chi connectivity index (χ0v) is 8.04. The average molecular weight is 174 g/mol. The van der Waals surface area contributed by atoms with Gasteiger partial charge in [0, 0.05) is 18.4 Å². The van der Waals surface area contributed by atoms with Gasteiger partial charge in [-0.05, 0) is 38.1 Å². The highest BCUT2D eigenvalue weighted by Gasteiger charge is 2.00. The van der Waals surface area contributed by atoms with E-state index in [2.05, 4.69) is 54.0 Å². The molecule has 2 aromatic heterocycles. The van der Waals surface area contributed by atoms with Gasteiger partial charge in [-0.2, -0.15) is 0 Å². The van der Waals surface area contributed by atoms with Crippen molar-refractivity contribution in [2.45, 2.75) is 13.8 Å². The molecule has 68 valence electrons. The molecule has 2 heteroatoms. The standard InChI is InChI=1S/C11H14N2/c1-3-12-10-5-4-8-13-9(2)6-7-11(10)13/h4-8,12H,3H2,1-2H3. The van der Waals surface area contributed by atoms with Gasteiger partial charge in [0.15, 0.2) is 0 Å². The highest BCUT2D eigenvalue weighted by atomic mass is 14.9. The van der Waals surface area contributed by atoms with Gasteiger partial charge >= 0.3 is 0 Å². The number of fused-ring (bicyclic) bond motifs is 1. The summed E-state index contributed by atoms with van der Waals surface area (Å²) >= 11 is 0. The Morgan fingerprint density at radius 1 is 1.31 bits per heavy atom. The van der Waals surface area contributed by atoms with Crippen molar-refractivity contribution >= 4 is 11.2 Å². The summed E-state index contributed by atoms with van der Waals surface area (Å²) in [5.41, 5.74) is 3.73. The SMILES string of the molecule is CCNc1cccn2c(C)ccc12. The number of pyridine rings is 1. The molecule has 0 unspecified atom stereocenters. The van der Waals surface area contributed by atoms with Gasteiger partial charge in [0.1, 0.15) is 0 Å². The fourth-order valence-corrected chi connectivity index (χ4v) is 1.62. The fraction of sp³-hybridized carbons (Fsp3) is 0.273. The highest BCUT2D eigenvalue weighted by molar-refractivity contribution is 5.72. The first kappa shape index (κ1) is 8.17. The molecule has 0 amide bonds. The van der Waals surface area contributed by atoms with Crippen LogP contribution in [0.15, 0.2) is 30.5 Å². The first-order valence-corrected chi connectivity index (χ1v) is 4.63. The van der Waals surface area contributed by atoms with E-state index in [0.717, 1.165) is 6.54 Å². The van der Waals surface area contributed by atoms with E-state index in [1.54, 1.807) is 0 Å². The molecule has 1 N–H and O–H groups in total. The van der Waals surface area contributed by atoms with E-state index in [4.69, 9.17) is 0 Å². The molecule has 2 heterocycles. The van der Waals surface area contributed by atoms with E-state index in [9.17, 15) is 0 Å². The molecule has 0 aliphatic rings. The predicted octanol–water partition coefficient (Wildman–Crippen LogP) is 2.68. The predicted molar refractivity (Wildman–Crippen MR) is 56.3 cm³/mol. The molecule has 0 radical (unpaired) electrons. The lowest BCUT2D eigenvalue weighted by atomic mass is 10.3. The van der Waals surface area contributed by atoms with Crippen molar-refractivity contribution in [1.82, 2.24) is 4.40 Å². The van der Waals surface area contributed by atoms with Crippen LogP contribution in [0.25, 0.3) is 5.52 Å². The molecule has 0 aliphatic carbocycles.